The third-order valence-electron chi connectivity index (χ3n) is 4.99. The first-order valence-electron chi connectivity index (χ1n) is 9.82. The summed E-state index contributed by atoms with van der Waals surface area (Å²) in [6, 6.07) is 14.7. The summed E-state index contributed by atoms with van der Waals surface area (Å²) in [6.07, 6.45) is 5.19. The number of aryl methyl sites for hydroxylation is 1. The fourth-order valence-corrected chi connectivity index (χ4v) is 3.47. The average Bonchev–Trinajstić information content (AvgIpc) is 3.43. The highest BCUT2D eigenvalue weighted by molar-refractivity contribution is 6.09. The molecule has 5 rings (SSSR count). The number of carbonyl (C=O) groups is 1. The van der Waals surface area contributed by atoms with E-state index < -0.39 is 0 Å². The summed E-state index contributed by atoms with van der Waals surface area (Å²) >= 11 is 0. The third kappa shape index (κ3) is 3.35. The van der Waals surface area contributed by atoms with E-state index in [-0.39, 0.29) is 11.8 Å². The summed E-state index contributed by atoms with van der Waals surface area (Å²) in [7, 11) is 1.50. The van der Waals surface area contributed by atoms with Gasteiger partial charge in [-0.3, -0.25) is 4.79 Å². The van der Waals surface area contributed by atoms with Crippen molar-refractivity contribution in [3.8, 4) is 28.4 Å². The maximum absolute atomic E-state index is 13.1. The van der Waals surface area contributed by atoms with Crippen molar-refractivity contribution in [3.05, 3.63) is 78.4 Å². The number of nitrogens with one attached hydrogen (secondary N) is 1. The van der Waals surface area contributed by atoms with E-state index in [2.05, 4.69) is 25.5 Å². The predicted molar refractivity (Wildman–Crippen MR) is 117 cm³/mol. The fraction of sp³-hybridized carbons (Fsp3) is 0.0870. The van der Waals surface area contributed by atoms with E-state index in [9.17, 15) is 4.79 Å². The zero-order chi connectivity index (χ0) is 22.1. The van der Waals surface area contributed by atoms with Crippen molar-refractivity contribution in [2.24, 2.45) is 0 Å². The van der Waals surface area contributed by atoms with Gasteiger partial charge < -0.3 is 14.6 Å². The number of benzene rings is 1. The number of nitrogens with zero attached hydrogens (tertiary/aromatic N) is 5. The number of hydrogen-bond acceptors (Lipinski definition) is 7. The molecule has 4 heterocycles. The quantitative estimate of drug-likeness (QED) is 0.452. The van der Waals surface area contributed by atoms with Crippen LogP contribution < -0.4 is 10.1 Å². The van der Waals surface area contributed by atoms with E-state index in [0.29, 0.717) is 34.0 Å². The van der Waals surface area contributed by atoms with Gasteiger partial charge in [0.25, 0.3) is 5.91 Å². The van der Waals surface area contributed by atoms with E-state index in [1.807, 2.05) is 36.5 Å². The summed E-state index contributed by atoms with van der Waals surface area (Å²) in [5.74, 6) is 0.317. The summed E-state index contributed by atoms with van der Waals surface area (Å²) in [5.41, 5.74) is 4.09. The maximum Gasteiger partial charge on any atom is 0.261 e. The van der Waals surface area contributed by atoms with Crippen LogP contribution >= 0.6 is 0 Å². The van der Waals surface area contributed by atoms with Crippen LogP contribution in [0.3, 0.4) is 0 Å². The van der Waals surface area contributed by atoms with Gasteiger partial charge in [-0.05, 0) is 25.1 Å². The highest BCUT2D eigenvalue weighted by Gasteiger charge is 2.23. The molecule has 1 aromatic carbocycles. The number of pyridine rings is 1. The molecule has 158 valence electrons. The first kappa shape index (κ1) is 19.4. The number of aromatic nitrogens is 5. The van der Waals surface area contributed by atoms with Crippen LogP contribution in [0, 0.1) is 6.92 Å². The molecule has 0 unspecified atom stereocenters. The summed E-state index contributed by atoms with van der Waals surface area (Å²) in [6.45, 7) is 1.70. The van der Waals surface area contributed by atoms with Crippen LogP contribution in [0.5, 0.6) is 5.88 Å². The van der Waals surface area contributed by atoms with Crippen LogP contribution in [0.1, 0.15) is 16.1 Å². The van der Waals surface area contributed by atoms with Crippen LogP contribution in [0.25, 0.3) is 28.2 Å². The van der Waals surface area contributed by atoms with Gasteiger partial charge in [0, 0.05) is 18.0 Å². The molecule has 0 atom stereocenters. The minimum atomic E-state index is -0.367. The maximum atomic E-state index is 13.1. The van der Waals surface area contributed by atoms with Gasteiger partial charge in [-0.15, -0.1) is 0 Å². The van der Waals surface area contributed by atoms with Crippen LogP contribution in [-0.2, 0) is 0 Å². The van der Waals surface area contributed by atoms with Gasteiger partial charge in [0.1, 0.15) is 22.7 Å². The number of methoxy groups -OCH3 is 1. The minimum Gasteiger partial charge on any atom is -0.479 e. The Kier molecular flexibility index (Phi) is 4.83. The Morgan fingerprint density at radius 1 is 1.12 bits per heavy atom. The molecule has 4 aromatic heterocycles. The lowest BCUT2D eigenvalue weighted by Gasteiger charge is -2.11. The van der Waals surface area contributed by atoms with Crippen molar-refractivity contribution < 1.29 is 14.1 Å². The highest BCUT2D eigenvalue weighted by Crippen LogP contribution is 2.31. The average molecular weight is 426 g/mol. The van der Waals surface area contributed by atoms with Gasteiger partial charge in [-0.25, -0.2) is 14.5 Å². The van der Waals surface area contributed by atoms with Gasteiger partial charge in [-0.1, -0.05) is 35.5 Å². The summed E-state index contributed by atoms with van der Waals surface area (Å²) in [4.78, 5) is 22.0. The molecular formula is C23H18N6O3. The second kappa shape index (κ2) is 7.95. The molecule has 0 aliphatic carbocycles. The van der Waals surface area contributed by atoms with Crippen LogP contribution in [0.15, 0.2) is 71.6 Å². The van der Waals surface area contributed by atoms with Crippen LogP contribution in [-0.4, -0.2) is 37.8 Å². The lowest BCUT2D eigenvalue weighted by molar-refractivity contribution is 0.102. The molecule has 0 radical (unpaired) electrons. The van der Waals surface area contributed by atoms with Gasteiger partial charge >= 0.3 is 0 Å². The molecule has 0 fully saturated rings. The standard InChI is InChI=1S/C23H18N6O3/c1-14-19(20(28-32-14)15-7-4-3-5-8-15)22(30)26-18-10-9-17(27-23(18)31-2)16-13-25-29-12-6-11-24-21(16)29/h3-13H,1-2H3,(H,26,30). The summed E-state index contributed by atoms with van der Waals surface area (Å²) in [5, 5.41) is 11.2. The molecule has 5 aromatic rings. The van der Waals surface area contributed by atoms with Gasteiger partial charge in [0.2, 0.25) is 5.88 Å². The Hall–Kier alpha value is -4.53. The molecule has 0 saturated heterocycles. The molecule has 1 amide bonds. The number of hydrogen-bond donors (Lipinski definition) is 1. The van der Waals surface area contributed by atoms with Gasteiger partial charge in [0.15, 0.2) is 5.65 Å². The highest BCUT2D eigenvalue weighted by atomic mass is 16.5. The van der Waals surface area contributed by atoms with Crippen molar-refractivity contribution in [2.45, 2.75) is 6.92 Å². The zero-order valence-electron chi connectivity index (χ0n) is 17.3. The van der Waals surface area contributed by atoms with Crippen molar-refractivity contribution in [2.75, 3.05) is 12.4 Å². The largest absolute Gasteiger partial charge is 0.479 e. The van der Waals surface area contributed by atoms with Crippen molar-refractivity contribution in [3.63, 3.8) is 0 Å². The lowest BCUT2D eigenvalue weighted by Crippen LogP contribution is -2.14. The van der Waals surface area contributed by atoms with E-state index in [1.165, 1.54) is 7.11 Å². The molecule has 0 aliphatic heterocycles. The second-order valence-electron chi connectivity index (χ2n) is 6.98. The van der Waals surface area contributed by atoms with Gasteiger partial charge in [-0.2, -0.15) is 5.10 Å². The molecule has 1 N–H and O–H groups in total. The Morgan fingerprint density at radius 2 is 1.97 bits per heavy atom. The molecule has 0 bridgehead atoms. The third-order valence-corrected chi connectivity index (χ3v) is 4.99. The van der Waals surface area contributed by atoms with E-state index in [4.69, 9.17) is 9.26 Å². The Morgan fingerprint density at radius 3 is 2.78 bits per heavy atom. The van der Waals surface area contributed by atoms with Crippen molar-refractivity contribution in [1.82, 2.24) is 24.7 Å². The van der Waals surface area contributed by atoms with Crippen molar-refractivity contribution in [1.29, 1.82) is 0 Å². The molecule has 0 spiro atoms. The van der Waals surface area contributed by atoms with E-state index in [1.54, 1.807) is 42.0 Å². The Bertz CT molecular complexity index is 1420. The molecule has 9 heteroatoms. The first-order valence-corrected chi connectivity index (χ1v) is 9.82. The van der Waals surface area contributed by atoms with Gasteiger partial charge in [0.05, 0.1) is 24.6 Å². The van der Waals surface area contributed by atoms with Crippen LogP contribution in [0.4, 0.5) is 5.69 Å². The number of rotatable bonds is 5. The molecule has 0 aliphatic rings. The van der Waals surface area contributed by atoms with Crippen molar-refractivity contribution >= 4 is 17.2 Å². The monoisotopic (exact) mass is 426 g/mol. The first-order chi connectivity index (χ1) is 15.7. The van der Waals surface area contributed by atoms with E-state index >= 15 is 0 Å². The normalized spacial score (nSPS) is 10.9. The topological polar surface area (TPSA) is 107 Å². The molecule has 32 heavy (non-hydrogen) atoms. The molecule has 0 saturated carbocycles. The number of amides is 1. The minimum absolute atomic E-state index is 0.265. The lowest BCUT2D eigenvalue weighted by atomic mass is 10.1. The molecular weight excluding hydrogens is 408 g/mol. The van der Waals surface area contributed by atoms with Crippen LogP contribution in [0.2, 0.25) is 0 Å². The van der Waals surface area contributed by atoms with E-state index in [0.717, 1.165) is 11.1 Å². The number of fused-ring (bicyclic) bond motifs is 1. The number of anilines is 1. The summed E-state index contributed by atoms with van der Waals surface area (Å²) < 4.78 is 12.4. The zero-order valence-corrected chi connectivity index (χ0v) is 17.3. The predicted octanol–water partition coefficient (Wildman–Crippen LogP) is 4.02. The Balaban J connectivity index is 1.48. The second-order valence-corrected chi connectivity index (χ2v) is 6.98. The number of ether oxygens (including phenoxy) is 1. The SMILES string of the molecule is COc1nc(-c2cnn3cccnc23)ccc1NC(=O)c1c(-c2ccccc2)noc1C. The molecule has 9 nitrogen and oxygen atoms in total. The smallest absolute Gasteiger partial charge is 0.261 e. The Labute approximate surface area is 182 Å². The fourth-order valence-electron chi connectivity index (χ4n) is 3.47. The number of carbonyl (C=O) groups excluding carboxylic acids is 1.